The molecule has 4 rings (SSSR count). The molecule has 1 saturated heterocycles. The number of rotatable bonds is 5. The first-order valence-electron chi connectivity index (χ1n) is 9.31. The van der Waals surface area contributed by atoms with Gasteiger partial charge in [-0.1, -0.05) is 18.2 Å². The standard InChI is InChI=1S/C23H23NO4/c1-24-13-15(9-23(24)26)14-28-20-6-5-16-10-18(4-3-17(16)11-20)21-12-19(27-2)7-8-22(21)25/h3-8,10-12,15,25H,9,13-14H2,1-2H3. The molecule has 3 aromatic carbocycles. The van der Waals surface area contributed by atoms with E-state index in [2.05, 4.69) is 0 Å². The van der Waals surface area contributed by atoms with E-state index in [1.54, 1.807) is 24.1 Å². The summed E-state index contributed by atoms with van der Waals surface area (Å²) < 4.78 is 11.2. The molecule has 3 aromatic rings. The number of benzene rings is 3. The SMILES string of the molecule is COc1ccc(O)c(-c2ccc3cc(OCC4CC(=O)N(C)C4)ccc3c2)c1. The molecule has 1 unspecified atom stereocenters. The zero-order valence-corrected chi connectivity index (χ0v) is 16.0. The van der Waals surface area contributed by atoms with E-state index in [0.29, 0.717) is 18.8 Å². The van der Waals surface area contributed by atoms with Crippen LogP contribution in [-0.4, -0.2) is 43.2 Å². The van der Waals surface area contributed by atoms with Crippen molar-refractivity contribution in [3.05, 3.63) is 54.6 Å². The lowest BCUT2D eigenvalue weighted by Crippen LogP contribution is -2.20. The molecule has 0 saturated carbocycles. The average Bonchev–Trinajstić information content (AvgIpc) is 3.04. The van der Waals surface area contributed by atoms with E-state index >= 15 is 0 Å². The number of ether oxygens (including phenoxy) is 2. The summed E-state index contributed by atoms with van der Waals surface area (Å²) in [5.41, 5.74) is 1.65. The van der Waals surface area contributed by atoms with Crippen LogP contribution in [0.2, 0.25) is 0 Å². The molecule has 1 amide bonds. The van der Waals surface area contributed by atoms with Gasteiger partial charge in [0.15, 0.2) is 0 Å². The third-order valence-electron chi connectivity index (χ3n) is 5.23. The van der Waals surface area contributed by atoms with Crippen molar-refractivity contribution in [2.45, 2.75) is 6.42 Å². The predicted molar refractivity (Wildman–Crippen MR) is 109 cm³/mol. The first-order chi connectivity index (χ1) is 13.5. The van der Waals surface area contributed by atoms with Crippen LogP contribution in [0.5, 0.6) is 17.2 Å². The third kappa shape index (κ3) is 3.60. The molecule has 1 atom stereocenters. The lowest BCUT2D eigenvalue weighted by Gasteiger charge is -2.13. The van der Waals surface area contributed by atoms with Gasteiger partial charge in [0.05, 0.1) is 13.7 Å². The highest BCUT2D eigenvalue weighted by Gasteiger charge is 2.27. The van der Waals surface area contributed by atoms with Crippen molar-refractivity contribution >= 4 is 16.7 Å². The fraction of sp³-hybridized carbons (Fsp3) is 0.261. The highest BCUT2D eigenvalue weighted by Crippen LogP contribution is 2.35. The number of likely N-dealkylation sites (tertiary alicyclic amines) is 1. The minimum Gasteiger partial charge on any atom is -0.507 e. The Morgan fingerprint density at radius 3 is 2.54 bits per heavy atom. The summed E-state index contributed by atoms with van der Waals surface area (Å²) in [5, 5.41) is 12.3. The van der Waals surface area contributed by atoms with Crippen LogP contribution >= 0.6 is 0 Å². The maximum absolute atomic E-state index is 11.6. The normalized spacial score (nSPS) is 16.6. The molecule has 1 aliphatic rings. The molecule has 28 heavy (non-hydrogen) atoms. The second-order valence-corrected chi connectivity index (χ2v) is 7.26. The number of methoxy groups -OCH3 is 1. The van der Waals surface area contributed by atoms with Crippen LogP contribution in [-0.2, 0) is 4.79 Å². The summed E-state index contributed by atoms with van der Waals surface area (Å²) in [6, 6.07) is 17.2. The van der Waals surface area contributed by atoms with Crippen LogP contribution in [0, 0.1) is 5.92 Å². The van der Waals surface area contributed by atoms with Gasteiger partial charge in [0.1, 0.15) is 17.2 Å². The van der Waals surface area contributed by atoms with Crippen LogP contribution in [0.4, 0.5) is 0 Å². The number of phenols is 1. The molecule has 1 heterocycles. The Balaban J connectivity index is 1.54. The van der Waals surface area contributed by atoms with Gasteiger partial charge in [0, 0.05) is 31.5 Å². The lowest BCUT2D eigenvalue weighted by molar-refractivity contribution is -0.126. The largest absolute Gasteiger partial charge is 0.507 e. The first-order valence-corrected chi connectivity index (χ1v) is 9.31. The van der Waals surface area contributed by atoms with E-state index in [9.17, 15) is 9.90 Å². The van der Waals surface area contributed by atoms with E-state index in [-0.39, 0.29) is 17.6 Å². The molecule has 1 fully saturated rings. The number of carbonyl (C=O) groups is 1. The second kappa shape index (κ2) is 7.43. The zero-order valence-electron chi connectivity index (χ0n) is 16.0. The number of nitrogens with zero attached hydrogens (tertiary/aromatic N) is 1. The van der Waals surface area contributed by atoms with Crippen LogP contribution in [0.3, 0.4) is 0 Å². The second-order valence-electron chi connectivity index (χ2n) is 7.26. The van der Waals surface area contributed by atoms with E-state index in [1.165, 1.54) is 0 Å². The quantitative estimate of drug-likeness (QED) is 0.728. The Labute approximate surface area is 164 Å². The third-order valence-corrected chi connectivity index (χ3v) is 5.23. The topological polar surface area (TPSA) is 59.0 Å². The molecule has 144 valence electrons. The fourth-order valence-corrected chi connectivity index (χ4v) is 3.64. The Hall–Kier alpha value is -3.21. The molecule has 0 radical (unpaired) electrons. The van der Waals surface area contributed by atoms with Crippen molar-refractivity contribution in [1.29, 1.82) is 0 Å². The number of hydrogen-bond donors (Lipinski definition) is 1. The number of phenolic OH excluding ortho intramolecular Hbond substituents is 1. The molecule has 1 N–H and O–H groups in total. The number of hydrogen-bond acceptors (Lipinski definition) is 4. The molecule has 0 bridgehead atoms. The van der Waals surface area contributed by atoms with Crippen LogP contribution in [0.1, 0.15) is 6.42 Å². The molecule has 1 aliphatic heterocycles. The summed E-state index contributed by atoms with van der Waals surface area (Å²) in [7, 11) is 3.44. The summed E-state index contributed by atoms with van der Waals surface area (Å²) >= 11 is 0. The van der Waals surface area contributed by atoms with Gasteiger partial charge in [0.2, 0.25) is 5.91 Å². The number of amides is 1. The molecule has 0 aromatic heterocycles. The van der Waals surface area contributed by atoms with Crippen molar-refractivity contribution < 1.29 is 19.4 Å². The van der Waals surface area contributed by atoms with Crippen molar-refractivity contribution in [3.63, 3.8) is 0 Å². The number of fused-ring (bicyclic) bond motifs is 1. The van der Waals surface area contributed by atoms with Crippen molar-refractivity contribution in [1.82, 2.24) is 4.90 Å². The maximum Gasteiger partial charge on any atom is 0.222 e. The molecule has 0 spiro atoms. The van der Waals surface area contributed by atoms with Gasteiger partial charge in [-0.05, 0) is 52.7 Å². The lowest BCUT2D eigenvalue weighted by atomic mass is 10.00. The van der Waals surface area contributed by atoms with Gasteiger partial charge < -0.3 is 19.5 Å². The van der Waals surface area contributed by atoms with E-state index < -0.39 is 0 Å². The van der Waals surface area contributed by atoms with Gasteiger partial charge in [-0.3, -0.25) is 4.79 Å². The molecular formula is C23H23NO4. The minimum absolute atomic E-state index is 0.181. The zero-order chi connectivity index (χ0) is 19.7. The highest BCUT2D eigenvalue weighted by molar-refractivity contribution is 5.89. The minimum atomic E-state index is 0.181. The fourth-order valence-electron chi connectivity index (χ4n) is 3.64. The molecule has 5 nitrogen and oxygen atoms in total. The maximum atomic E-state index is 11.6. The van der Waals surface area contributed by atoms with E-state index in [0.717, 1.165) is 34.2 Å². The van der Waals surface area contributed by atoms with Crippen LogP contribution in [0.25, 0.3) is 21.9 Å². The average molecular weight is 377 g/mol. The monoisotopic (exact) mass is 377 g/mol. The molecular weight excluding hydrogens is 354 g/mol. The number of aromatic hydroxyl groups is 1. The molecule has 0 aliphatic carbocycles. The van der Waals surface area contributed by atoms with Crippen molar-refractivity contribution in [3.8, 4) is 28.4 Å². The summed E-state index contributed by atoms with van der Waals surface area (Å²) in [6.07, 6.45) is 0.553. The van der Waals surface area contributed by atoms with Gasteiger partial charge in [-0.2, -0.15) is 0 Å². The molecule has 5 heteroatoms. The van der Waals surface area contributed by atoms with Crippen LogP contribution < -0.4 is 9.47 Å². The van der Waals surface area contributed by atoms with Gasteiger partial charge in [-0.15, -0.1) is 0 Å². The summed E-state index contributed by atoms with van der Waals surface area (Å²) in [6.45, 7) is 1.29. The van der Waals surface area contributed by atoms with Crippen LogP contribution in [0.15, 0.2) is 54.6 Å². The van der Waals surface area contributed by atoms with Crippen molar-refractivity contribution in [2.75, 3.05) is 27.3 Å². The predicted octanol–water partition coefficient (Wildman–Crippen LogP) is 4.08. The van der Waals surface area contributed by atoms with Gasteiger partial charge in [0.25, 0.3) is 0 Å². The summed E-state index contributed by atoms with van der Waals surface area (Å²) in [5.74, 6) is 2.14. The van der Waals surface area contributed by atoms with Gasteiger partial charge >= 0.3 is 0 Å². The van der Waals surface area contributed by atoms with E-state index in [1.807, 2.05) is 49.5 Å². The number of carbonyl (C=O) groups excluding carboxylic acids is 1. The Morgan fingerprint density at radius 2 is 1.79 bits per heavy atom. The smallest absolute Gasteiger partial charge is 0.222 e. The first kappa shape index (κ1) is 18.2. The highest BCUT2D eigenvalue weighted by atomic mass is 16.5. The Morgan fingerprint density at radius 1 is 1.04 bits per heavy atom. The Bertz CT molecular complexity index is 1030. The van der Waals surface area contributed by atoms with E-state index in [4.69, 9.17) is 9.47 Å². The van der Waals surface area contributed by atoms with Crippen molar-refractivity contribution in [2.24, 2.45) is 5.92 Å². The van der Waals surface area contributed by atoms with Gasteiger partial charge in [-0.25, -0.2) is 0 Å². The summed E-state index contributed by atoms with van der Waals surface area (Å²) in [4.78, 5) is 13.4. The Kier molecular flexibility index (Phi) is 4.82.